The SMILES string of the molecule is CC1CC1.CCCO. The van der Waals surface area contributed by atoms with Crippen LogP contribution in [-0.2, 0) is 0 Å². The Balaban J connectivity index is 0.000000122. The lowest BCUT2D eigenvalue weighted by atomic mass is 10.5. The Bertz CT molecular complexity index is 37.7. The minimum Gasteiger partial charge on any atom is -0.396 e. The summed E-state index contributed by atoms with van der Waals surface area (Å²) in [6.07, 6.45) is 3.85. The number of rotatable bonds is 1. The molecule has 8 heavy (non-hydrogen) atoms. The molecule has 0 atom stereocenters. The predicted octanol–water partition coefficient (Wildman–Crippen LogP) is 1.81. The van der Waals surface area contributed by atoms with Gasteiger partial charge in [-0.3, -0.25) is 0 Å². The summed E-state index contributed by atoms with van der Waals surface area (Å²) in [6.45, 7) is 4.53. The summed E-state index contributed by atoms with van der Waals surface area (Å²) in [5.41, 5.74) is 0. The normalized spacial score (nSPS) is 16.9. The zero-order chi connectivity index (χ0) is 6.41. The maximum atomic E-state index is 7.88. The fraction of sp³-hybridized carbons (Fsp3) is 1.00. The Morgan fingerprint density at radius 3 is 1.75 bits per heavy atom. The van der Waals surface area contributed by atoms with E-state index < -0.39 is 0 Å². The topological polar surface area (TPSA) is 20.2 Å². The van der Waals surface area contributed by atoms with E-state index in [1.807, 2.05) is 6.92 Å². The molecule has 0 radical (unpaired) electrons. The van der Waals surface area contributed by atoms with Gasteiger partial charge in [0, 0.05) is 6.61 Å². The number of aliphatic hydroxyl groups is 1. The molecule has 1 N–H and O–H groups in total. The van der Waals surface area contributed by atoms with E-state index in [0.29, 0.717) is 6.61 Å². The zero-order valence-electron chi connectivity index (χ0n) is 5.85. The van der Waals surface area contributed by atoms with Crippen molar-refractivity contribution in [1.29, 1.82) is 0 Å². The molecule has 1 aliphatic carbocycles. The monoisotopic (exact) mass is 116 g/mol. The number of hydrogen-bond donors (Lipinski definition) is 1. The molecule has 0 aromatic carbocycles. The molecule has 0 saturated heterocycles. The van der Waals surface area contributed by atoms with Gasteiger partial charge in [-0.15, -0.1) is 0 Å². The van der Waals surface area contributed by atoms with Gasteiger partial charge in [0.1, 0.15) is 0 Å². The average molecular weight is 116 g/mol. The van der Waals surface area contributed by atoms with E-state index in [4.69, 9.17) is 5.11 Å². The van der Waals surface area contributed by atoms with Crippen LogP contribution >= 0.6 is 0 Å². The molecule has 0 aromatic rings. The molecular weight excluding hydrogens is 100 g/mol. The molecule has 0 amide bonds. The van der Waals surface area contributed by atoms with Crippen molar-refractivity contribution in [2.24, 2.45) is 5.92 Å². The molecule has 1 nitrogen and oxygen atoms in total. The second kappa shape index (κ2) is 5.10. The Morgan fingerprint density at radius 1 is 1.50 bits per heavy atom. The summed E-state index contributed by atoms with van der Waals surface area (Å²) >= 11 is 0. The van der Waals surface area contributed by atoms with E-state index in [1.54, 1.807) is 0 Å². The van der Waals surface area contributed by atoms with E-state index in [1.165, 1.54) is 12.8 Å². The minimum absolute atomic E-state index is 0.319. The van der Waals surface area contributed by atoms with Crippen molar-refractivity contribution in [3.63, 3.8) is 0 Å². The quantitative estimate of drug-likeness (QED) is 0.554. The lowest BCUT2D eigenvalue weighted by Gasteiger charge is -1.69. The lowest BCUT2D eigenvalue weighted by Crippen LogP contribution is -1.69. The summed E-state index contributed by atoms with van der Waals surface area (Å²) in [5.74, 6) is 1.08. The van der Waals surface area contributed by atoms with Gasteiger partial charge in [0.15, 0.2) is 0 Å². The van der Waals surface area contributed by atoms with Crippen molar-refractivity contribution in [1.82, 2.24) is 0 Å². The Kier molecular flexibility index (Phi) is 5.08. The highest BCUT2D eigenvalue weighted by atomic mass is 16.2. The summed E-state index contributed by atoms with van der Waals surface area (Å²) < 4.78 is 0. The van der Waals surface area contributed by atoms with Crippen molar-refractivity contribution in [2.45, 2.75) is 33.1 Å². The maximum Gasteiger partial charge on any atom is 0.0428 e. The van der Waals surface area contributed by atoms with E-state index in [9.17, 15) is 0 Å². The van der Waals surface area contributed by atoms with Crippen molar-refractivity contribution >= 4 is 0 Å². The summed E-state index contributed by atoms with van der Waals surface area (Å²) in [5, 5.41) is 7.88. The van der Waals surface area contributed by atoms with Crippen molar-refractivity contribution < 1.29 is 5.11 Å². The predicted molar refractivity (Wildman–Crippen MR) is 35.8 cm³/mol. The largest absolute Gasteiger partial charge is 0.396 e. The first-order chi connectivity index (χ1) is 3.81. The van der Waals surface area contributed by atoms with Gasteiger partial charge >= 0.3 is 0 Å². The fourth-order valence-electron chi connectivity index (χ4n) is 0.167. The van der Waals surface area contributed by atoms with Crippen LogP contribution in [0.3, 0.4) is 0 Å². The second-order valence-corrected chi connectivity index (χ2v) is 2.41. The van der Waals surface area contributed by atoms with Crippen LogP contribution in [0.15, 0.2) is 0 Å². The first kappa shape index (κ1) is 7.96. The lowest BCUT2D eigenvalue weighted by molar-refractivity contribution is 0.295. The summed E-state index contributed by atoms with van der Waals surface area (Å²) in [6, 6.07) is 0. The molecule has 0 unspecified atom stereocenters. The minimum atomic E-state index is 0.319. The smallest absolute Gasteiger partial charge is 0.0428 e. The first-order valence-corrected chi connectivity index (χ1v) is 3.42. The molecule has 0 spiro atoms. The van der Waals surface area contributed by atoms with Gasteiger partial charge in [-0.05, 0) is 12.3 Å². The third kappa shape index (κ3) is 9.35. The molecule has 0 bridgehead atoms. The molecule has 1 rings (SSSR count). The highest BCUT2D eigenvalue weighted by molar-refractivity contribution is 4.65. The maximum absolute atomic E-state index is 7.88. The highest BCUT2D eigenvalue weighted by Crippen LogP contribution is 2.26. The van der Waals surface area contributed by atoms with Gasteiger partial charge in [0.2, 0.25) is 0 Å². The van der Waals surface area contributed by atoms with Crippen molar-refractivity contribution in [2.75, 3.05) is 6.61 Å². The van der Waals surface area contributed by atoms with E-state index in [-0.39, 0.29) is 0 Å². The van der Waals surface area contributed by atoms with Gasteiger partial charge < -0.3 is 5.11 Å². The van der Waals surface area contributed by atoms with Gasteiger partial charge in [-0.1, -0.05) is 26.7 Å². The van der Waals surface area contributed by atoms with E-state index in [2.05, 4.69) is 6.92 Å². The molecule has 1 fully saturated rings. The second-order valence-electron chi connectivity index (χ2n) is 2.41. The molecular formula is C7H16O. The fourth-order valence-corrected chi connectivity index (χ4v) is 0.167. The van der Waals surface area contributed by atoms with Crippen LogP contribution < -0.4 is 0 Å². The van der Waals surface area contributed by atoms with Gasteiger partial charge in [-0.2, -0.15) is 0 Å². The average Bonchev–Trinajstić information content (AvgIpc) is 2.52. The highest BCUT2D eigenvalue weighted by Gasteiger charge is 2.12. The van der Waals surface area contributed by atoms with Crippen molar-refractivity contribution in [3.05, 3.63) is 0 Å². The van der Waals surface area contributed by atoms with Gasteiger partial charge in [0.25, 0.3) is 0 Å². The molecule has 1 saturated carbocycles. The van der Waals surface area contributed by atoms with Crippen LogP contribution in [0.25, 0.3) is 0 Å². The number of aliphatic hydroxyl groups excluding tert-OH is 1. The molecule has 0 heterocycles. The molecule has 50 valence electrons. The number of hydrogen-bond acceptors (Lipinski definition) is 1. The molecule has 1 heteroatoms. The summed E-state index contributed by atoms with van der Waals surface area (Å²) in [4.78, 5) is 0. The Hall–Kier alpha value is -0.0400. The van der Waals surface area contributed by atoms with Crippen LogP contribution in [0.1, 0.15) is 33.1 Å². The standard InChI is InChI=1S/C4H8.C3H8O/c1-4-2-3-4;1-2-3-4/h2*4H,2-3H2,1H3. The Morgan fingerprint density at radius 2 is 1.75 bits per heavy atom. The van der Waals surface area contributed by atoms with E-state index >= 15 is 0 Å². The summed E-state index contributed by atoms with van der Waals surface area (Å²) in [7, 11) is 0. The molecule has 0 aromatic heterocycles. The van der Waals surface area contributed by atoms with Gasteiger partial charge in [-0.25, -0.2) is 0 Å². The first-order valence-electron chi connectivity index (χ1n) is 3.42. The van der Waals surface area contributed by atoms with Gasteiger partial charge in [0.05, 0.1) is 0 Å². The molecule has 0 aliphatic heterocycles. The third-order valence-corrected chi connectivity index (χ3v) is 1.09. The third-order valence-electron chi connectivity index (χ3n) is 1.09. The molecule has 1 aliphatic rings. The van der Waals surface area contributed by atoms with Crippen LogP contribution in [0.2, 0.25) is 0 Å². The Labute approximate surface area is 51.7 Å². The van der Waals surface area contributed by atoms with Crippen molar-refractivity contribution in [3.8, 4) is 0 Å². The van der Waals surface area contributed by atoms with Crippen LogP contribution in [-0.4, -0.2) is 11.7 Å². The van der Waals surface area contributed by atoms with Crippen LogP contribution in [0.5, 0.6) is 0 Å². The van der Waals surface area contributed by atoms with E-state index in [0.717, 1.165) is 12.3 Å². The zero-order valence-corrected chi connectivity index (χ0v) is 5.85. The van der Waals surface area contributed by atoms with Crippen LogP contribution in [0, 0.1) is 5.92 Å². The van der Waals surface area contributed by atoms with Crippen LogP contribution in [0.4, 0.5) is 0 Å².